The van der Waals surface area contributed by atoms with Crippen LogP contribution in [0.25, 0.3) is 116 Å². The molecule has 0 saturated heterocycles. The van der Waals surface area contributed by atoms with Crippen molar-refractivity contribution in [2.45, 2.75) is 19.3 Å². The van der Waals surface area contributed by atoms with Gasteiger partial charge in [-0.05, 0) is 85.8 Å². The fourth-order valence-electron chi connectivity index (χ4n) is 10.0. The van der Waals surface area contributed by atoms with Gasteiger partial charge in [-0.25, -0.2) is 4.98 Å². The van der Waals surface area contributed by atoms with E-state index in [4.69, 9.17) is 19.4 Å². The van der Waals surface area contributed by atoms with Crippen LogP contribution >= 0.6 is 0 Å². The minimum absolute atomic E-state index is 0.183. The lowest BCUT2D eigenvalue weighted by Crippen LogP contribution is -2.15. The molecule has 5 nitrogen and oxygen atoms in total. The molecule has 0 N–H and O–H groups in total. The average molecular weight is 781 g/mol. The molecule has 0 radical (unpaired) electrons. The Morgan fingerprint density at radius 3 is 1.97 bits per heavy atom. The molecule has 0 amide bonds. The Labute approximate surface area is 351 Å². The molecule has 0 aliphatic heterocycles. The quantitative estimate of drug-likeness (QED) is 0.178. The lowest BCUT2D eigenvalue weighted by atomic mass is 9.81. The Kier molecular flexibility index (Phi) is 7.00. The van der Waals surface area contributed by atoms with Crippen molar-refractivity contribution in [3.05, 3.63) is 193 Å². The van der Waals surface area contributed by atoms with Crippen LogP contribution in [0.5, 0.6) is 0 Å². The molecule has 9 aromatic carbocycles. The zero-order chi connectivity index (χ0) is 40.4. The van der Waals surface area contributed by atoms with E-state index in [1.54, 1.807) is 0 Å². The van der Waals surface area contributed by atoms with Gasteiger partial charge in [-0.15, -0.1) is 0 Å². The van der Waals surface area contributed by atoms with Crippen LogP contribution in [-0.4, -0.2) is 19.5 Å². The summed E-state index contributed by atoms with van der Waals surface area (Å²) in [5.41, 5.74) is 12.9. The molecule has 0 spiro atoms. The van der Waals surface area contributed by atoms with Gasteiger partial charge in [0.05, 0.1) is 11.0 Å². The van der Waals surface area contributed by atoms with Crippen LogP contribution in [0.15, 0.2) is 186 Å². The number of nitrogens with zero attached hydrogens (tertiary/aromatic N) is 4. The van der Waals surface area contributed by atoms with Crippen LogP contribution in [-0.2, 0) is 5.41 Å². The summed E-state index contributed by atoms with van der Waals surface area (Å²) in [6.45, 7) is 4.72. The Morgan fingerprint density at radius 1 is 0.426 bits per heavy atom. The second kappa shape index (κ2) is 12.6. The standard InChI is InChI=1S/C56H36N4O/c1-56(2)46-28-25-33-13-8-9-18-39(33)51(46)44-27-23-37(30-47(44)56)40-20-12-21-43-45-29-35-16-6-7-17-36(35)31-48(45)60(52(40)43)55-58-53(34-14-4-3-5-15-34)57-54(59-55)38-24-26-42-41-19-10-11-22-49(41)61-50(42)32-38/h3-32H,1-2H3. The molecule has 61 heavy (non-hydrogen) atoms. The molecule has 1 aliphatic rings. The molecule has 1 aliphatic carbocycles. The highest BCUT2D eigenvalue weighted by molar-refractivity contribution is 6.17. The molecule has 286 valence electrons. The smallest absolute Gasteiger partial charge is 0.238 e. The highest BCUT2D eigenvalue weighted by Crippen LogP contribution is 2.52. The second-order valence-electron chi connectivity index (χ2n) is 16.8. The molecule has 0 atom stereocenters. The van der Waals surface area contributed by atoms with Crippen LogP contribution in [0.1, 0.15) is 25.0 Å². The first-order valence-electron chi connectivity index (χ1n) is 20.8. The van der Waals surface area contributed by atoms with Crippen LogP contribution in [0, 0.1) is 0 Å². The van der Waals surface area contributed by atoms with E-state index < -0.39 is 0 Å². The largest absolute Gasteiger partial charge is 0.456 e. The zero-order valence-electron chi connectivity index (χ0n) is 33.5. The van der Waals surface area contributed by atoms with Gasteiger partial charge in [0, 0.05) is 43.7 Å². The molecule has 3 aromatic heterocycles. The summed E-state index contributed by atoms with van der Waals surface area (Å²) in [5.74, 6) is 1.73. The Balaban J connectivity index is 1.09. The van der Waals surface area contributed by atoms with Crippen molar-refractivity contribution < 1.29 is 4.42 Å². The van der Waals surface area contributed by atoms with Gasteiger partial charge in [0.25, 0.3) is 0 Å². The van der Waals surface area contributed by atoms with Gasteiger partial charge in [0.15, 0.2) is 11.6 Å². The predicted molar refractivity (Wildman–Crippen MR) is 250 cm³/mol. The van der Waals surface area contributed by atoms with Gasteiger partial charge in [0.1, 0.15) is 11.2 Å². The summed E-state index contributed by atoms with van der Waals surface area (Å²) in [6, 6.07) is 64.9. The molecule has 13 rings (SSSR count). The highest BCUT2D eigenvalue weighted by atomic mass is 16.3. The van der Waals surface area contributed by atoms with Crippen LogP contribution < -0.4 is 0 Å². The Bertz CT molecular complexity index is 3800. The maximum absolute atomic E-state index is 6.36. The number of para-hydroxylation sites is 2. The van der Waals surface area contributed by atoms with Gasteiger partial charge in [0.2, 0.25) is 5.95 Å². The van der Waals surface area contributed by atoms with Crippen molar-refractivity contribution in [3.63, 3.8) is 0 Å². The topological polar surface area (TPSA) is 56.7 Å². The van der Waals surface area contributed by atoms with Crippen molar-refractivity contribution in [1.82, 2.24) is 19.5 Å². The number of benzene rings is 9. The van der Waals surface area contributed by atoms with Crippen molar-refractivity contribution >= 4 is 65.3 Å². The lowest BCUT2D eigenvalue weighted by Gasteiger charge is -2.22. The predicted octanol–water partition coefficient (Wildman–Crippen LogP) is 14.5. The van der Waals surface area contributed by atoms with E-state index in [0.717, 1.165) is 71.4 Å². The molecule has 3 heterocycles. The van der Waals surface area contributed by atoms with Crippen molar-refractivity contribution in [3.8, 4) is 51.0 Å². The summed E-state index contributed by atoms with van der Waals surface area (Å²) in [5, 5.41) is 9.32. The van der Waals surface area contributed by atoms with Crippen LogP contribution in [0.3, 0.4) is 0 Å². The lowest BCUT2D eigenvalue weighted by molar-refractivity contribution is 0.661. The summed E-state index contributed by atoms with van der Waals surface area (Å²) < 4.78 is 8.63. The minimum Gasteiger partial charge on any atom is -0.456 e. The number of hydrogen-bond acceptors (Lipinski definition) is 4. The molecule has 0 bridgehead atoms. The molecule has 12 aromatic rings. The third kappa shape index (κ3) is 4.98. The van der Waals surface area contributed by atoms with Gasteiger partial charge in [-0.1, -0.05) is 159 Å². The van der Waals surface area contributed by atoms with Crippen molar-refractivity contribution in [2.24, 2.45) is 0 Å². The number of furan rings is 1. The third-order valence-corrected chi connectivity index (χ3v) is 13.0. The highest BCUT2D eigenvalue weighted by Gasteiger charge is 2.37. The Hall–Kier alpha value is -7.89. The number of hydrogen-bond donors (Lipinski definition) is 0. The summed E-state index contributed by atoms with van der Waals surface area (Å²) in [6.07, 6.45) is 0. The van der Waals surface area contributed by atoms with Gasteiger partial charge in [-0.2, -0.15) is 9.97 Å². The fourth-order valence-corrected chi connectivity index (χ4v) is 10.0. The van der Waals surface area contributed by atoms with E-state index in [1.807, 2.05) is 36.4 Å². The van der Waals surface area contributed by atoms with Gasteiger partial charge < -0.3 is 4.42 Å². The first kappa shape index (κ1) is 34.0. The third-order valence-electron chi connectivity index (χ3n) is 13.0. The normalized spacial score (nSPS) is 13.2. The SMILES string of the molecule is CC1(C)c2cc(-c3cccc4c5cc6ccccc6cc5n(-c5nc(-c6ccccc6)nc(-c6ccc7c(c6)oc6ccccc67)n5)c34)ccc2-c2c1ccc1ccccc21. The maximum Gasteiger partial charge on any atom is 0.238 e. The molecule has 0 saturated carbocycles. The summed E-state index contributed by atoms with van der Waals surface area (Å²) in [4.78, 5) is 15.9. The first-order chi connectivity index (χ1) is 30.0. The number of aromatic nitrogens is 4. The van der Waals surface area contributed by atoms with E-state index in [-0.39, 0.29) is 5.41 Å². The monoisotopic (exact) mass is 780 g/mol. The van der Waals surface area contributed by atoms with E-state index in [2.05, 4.69) is 164 Å². The number of fused-ring (bicyclic) bond motifs is 12. The second-order valence-corrected chi connectivity index (χ2v) is 16.8. The Morgan fingerprint density at radius 2 is 1.11 bits per heavy atom. The van der Waals surface area contributed by atoms with E-state index in [9.17, 15) is 0 Å². The van der Waals surface area contributed by atoms with E-state index in [0.29, 0.717) is 17.6 Å². The maximum atomic E-state index is 6.36. The van der Waals surface area contributed by atoms with Crippen molar-refractivity contribution in [1.29, 1.82) is 0 Å². The van der Waals surface area contributed by atoms with Gasteiger partial charge in [-0.3, -0.25) is 4.57 Å². The van der Waals surface area contributed by atoms with Crippen LogP contribution in [0.2, 0.25) is 0 Å². The molecule has 5 heteroatoms. The minimum atomic E-state index is -0.183. The van der Waals surface area contributed by atoms with E-state index in [1.165, 1.54) is 38.4 Å². The zero-order valence-corrected chi connectivity index (χ0v) is 33.5. The van der Waals surface area contributed by atoms with E-state index >= 15 is 0 Å². The molecular formula is C56H36N4O. The molecule has 0 fully saturated rings. The molecular weight excluding hydrogens is 745 g/mol. The average Bonchev–Trinajstić information content (AvgIpc) is 3.92. The molecule has 0 unspecified atom stereocenters. The first-order valence-corrected chi connectivity index (χ1v) is 20.8. The van der Waals surface area contributed by atoms with Crippen LogP contribution in [0.4, 0.5) is 0 Å². The van der Waals surface area contributed by atoms with Crippen molar-refractivity contribution in [2.75, 3.05) is 0 Å². The summed E-state index contributed by atoms with van der Waals surface area (Å²) in [7, 11) is 0. The fraction of sp³-hybridized carbons (Fsp3) is 0.0536. The summed E-state index contributed by atoms with van der Waals surface area (Å²) >= 11 is 0. The number of rotatable bonds is 4. The van der Waals surface area contributed by atoms with Gasteiger partial charge >= 0.3 is 0 Å².